The summed E-state index contributed by atoms with van der Waals surface area (Å²) in [5.74, 6) is 0.617. The van der Waals surface area contributed by atoms with Crippen LogP contribution in [0.25, 0.3) is 0 Å². The third-order valence-electron chi connectivity index (χ3n) is 5.43. The molecule has 0 atom stereocenters. The molecule has 160 valence electrons. The quantitative estimate of drug-likeness (QED) is 0.670. The Kier molecular flexibility index (Phi) is 5.81. The summed E-state index contributed by atoms with van der Waals surface area (Å²) in [5, 5.41) is 11.9. The monoisotopic (exact) mass is 427 g/mol. The van der Waals surface area contributed by atoms with E-state index in [2.05, 4.69) is 21.4 Å². The molecule has 2 amide bonds. The molecule has 0 bridgehead atoms. The molecule has 2 aromatic heterocycles. The Morgan fingerprint density at radius 1 is 1.28 bits per heavy atom. The second-order valence-electron chi connectivity index (χ2n) is 7.32. The third-order valence-corrected chi connectivity index (χ3v) is 5.43. The number of hydrogen-bond acceptors (Lipinski definition) is 6. The molecule has 8 heteroatoms. The van der Waals surface area contributed by atoms with Crippen molar-refractivity contribution < 1.29 is 14.3 Å². The van der Waals surface area contributed by atoms with Crippen LogP contribution in [0, 0.1) is 11.3 Å². The Balaban J connectivity index is 1.67. The number of carbonyl (C=O) groups excluding carboxylic acids is 2. The topological polar surface area (TPSA) is 108 Å². The second-order valence-corrected chi connectivity index (χ2v) is 7.32. The van der Waals surface area contributed by atoms with E-state index in [-0.39, 0.29) is 11.8 Å². The molecule has 1 N–H and O–H groups in total. The number of nitrogens with one attached hydrogen (secondary N) is 1. The maximum absolute atomic E-state index is 13.3. The zero-order valence-corrected chi connectivity index (χ0v) is 17.8. The van der Waals surface area contributed by atoms with E-state index in [1.165, 1.54) is 0 Å². The first-order valence-electron chi connectivity index (χ1n) is 10.1. The Morgan fingerprint density at radius 2 is 2.12 bits per heavy atom. The number of benzene rings is 1. The van der Waals surface area contributed by atoms with E-state index in [1.54, 1.807) is 49.7 Å². The van der Waals surface area contributed by atoms with Crippen LogP contribution in [0.4, 0.5) is 5.82 Å². The summed E-state index contributed by atoms with van der Waals surface area (Å²) in [6, 6.07) is 12.7. The highest BCUT2D eigenvalue weighted by molar-refractivity contribution is 6.08. The van der Waals surface area contributed by atoms with Crippen molar-refractivity contribution in [3.05, 3.63) is 82.3 Å². The smallest absolute Gasteiger partial charge is 0.269 e. The molecule has 0 radical (unpaired) electrons. The Morgan fingerprint density at radius 3 is 2.81 bits per heavy atom. The lowest BCUT2D eigenvalue weighted by Crippen LogP contribution is -2.38. The van der Waals surface area contributed by atoms with Crippen molar-refractivity contribution >= 4 is 17.6 Å². The number of nitrogens with zero attached hydrogens (tertiary/aromatic N) is 4. The largest absolute Gasteiger partial charge is 0.496 e. The number of pyridine rings is 2. The lowest BCUT2D eigenvalue weighted by atomic mass is 9.93. The number of fused-ring (bicyclic) bond motifs is 1. The van der Waals surface area contributed by atoms with Gasteiger partial charge >= 0.3 is 0 Å². The van der Waals surface area contributed by atoms with Gasteiger partial charge in [-0.05, 0) is 53.4 Å². The molecule has 1 aliphatic heterocycles. The van der Waals surface area contributed by atoms with Gasteiger partial charge in [0.1, 0.15) is 17.5 Å². The number of methoxy groups -OCH3 is 1. The summed E-state index contributed by atoms with van der Waals surface area (Å²) in [6.07, 6.45) is 4.33. The third kappa shape index (κ3) is 3.88. The minimum atomic E-state index is -0.250. The van der Waals surface area contributed by atoms with Crippen LogP contribution in [0.2, 0.25) is 0 Å². The first-order valence-corrected chi connectivity index (χ1v) is 10.1. The van der Waals surface area contributed by atoms with E-state index in [0.717, 1.165) is 16.7 Å². The average molecular weight is 427 g/mol. The molecule has 8 nitrogen and oxygen atoms in total. The van der Waals surface area contributed by atoms with Crippen LogP contribution in [-0.4, -0.2) is 42.5 Å². The van der Waals surface area contributed by atoms with Gasteiger partial charge in [-0.25, -0.2) is 4.98 Å². The number of rotatable bonds is 5. The van der Waals surface area contributed by atoms with Gasteiger partial charge in [0.05, 0.1) is 12.7 Å². The van der Waals surface area contributed by atoms with Gasteiger partial charge < -0.3 is 10.1 Å². The highest BCUT2D eigenvalue weighted by Crippen LogP contribution is 2.31. The van der Waals surface area contributed by atoms with Crippen LogP contribution in [-0.2, 0) is 12.8 Å². The van der Waals surface area contributed by atoms with E-state index in [4.69, 9.17) is 4.74 Å². The predicted molar refractivity (Wildman–Crippen MR) is 118 cm³/mol. The lowest BCUT2D eigenvalue weighted by Gasteiger charge is -2.29. The molecule has 1 aromatic carbocycles. The van der Waals surface area contributed by atoms with Gasteiger partial charge in [0, 0.05) is 38.0 Å². The van der Waals surface area contributed by atoms with E-state index >= 15 is 0 Å². The molecule has 4 rings (SSSR count). The zero-order chi connectivity index (χ0) is 22.7. The summed E-state index contributed by atoms with van der Waals surface area (Å²) >= 11 is 0. The Hall–Kier alpha value is -4.25. The molecule has 3 aromatic rings. The van der Waals surface area contributed by atoms with Gasteiger partial charge in [0.2, 0.25) is 0 Å². The fourth-order valence-electron chi connectivity index (χ4n) is 3.79. The number of anilines is 1. The molecule has 0 aliphatic carbocycles. The summed E-state index contributed by atoms with van der Waals surface area (Å²) < 4.78 is 5.58. The van der Waals surface area contributed by atoms with Crippen molar-refractivity contribution in [1.82, 2.24) is 15.3 Å². The normalized spacial score (nSPS) is 12.7. The van der Waals surface area contributed by atoms with Gasteiger partial charge in [-0.1, -0.05) is 6.07 Å². The van der Waals surface area contributed by atoms with Crippen molar-refractivity contribution in [2.24, 2.45) is 0 Å². The van der Waals surface area contributed by atoms with Crippen LogP contribution in [0.3, 0.4) is 0 Å². The number of amides is 2. The van der Waals surface area contributed by atoms with E-state index in [9.17, 15) is 14.9 Å². The molecular formula is C24H21N5O3. The van der Waals surface area contributed by atoms with Crippen molar-refractivity contribution in [2.75, 3.05) is 25.6 Å². The molecule has 32 heavy (non-hydrogen) atoms. The van der Waals surface area contributed by atoms with Gasteiger partial charge in [-0.3, -0.25) is 19.5 Å². The van der Waals surface area contributed by atoms with Gasteiger partial charge in [0.25, 0.3) is 11.8 Å². The maximum Gasteiger partial charge on any atom is 0.269 e. The molecular weight excluding hydrogens is 406 g/mol. The molecule has 0 saturated carbocycles. The van der Waals surface area contributed by atoms with E-state index in [1.807, 2.05) is 18.2 Å². The molecule has 0 saturated heterocycles. The van der Waals surface area contributed by atoms with Gasteiger partial charge in [-0.15, -0.1) is 0 Å². The number of nitriles is 1. The fraction of sp³-hybridized carbons (Fsp3) is 0.208. The molecule has 1 aliphatic rings. The second kappa shape index (κ2) is 8.86. The highest BCUT2D eigenvalue weighted by Gasteiger charge is 2.29. The number of aromatic nitrogens is 2. The average Bonchev–Trinajstić information content (AvgIpc) is 2.84. The van der Waals surface area contributed by atoms with Crippen LogP contribution in [0.15, 0.2) is 48.8 Å². The van der Waals surface area contributed by atoms with Gasteiger partial charge in [-0.2, -0.15) is 5.26 Å². The summed E-state index contributed by atoms with van der Waals surface area (Å²) in [4.78, 5) is 35.1. The molecule has 0 unspecified atom stereocenters. The SMILES string of the molecule is CNC(=O)c1ccc(Cc2cc3c(cc2OC)CCN(c2ncccc2C#N)C3=O)cn1. The molecule has 0 fully saturated rings. The Labute approximate surface area is 185 Å². The minimum Gasteiger partial charge on any atom is -0.496 e. The first kappa shape index (κ1) is 21.0. The first-order chi connectivity index (χ1) is 15.5. The van der Waals surface area contributed by atoms with Gasteiger partial charge in [0.15, 0.2) is 5.82 Å². The maximum atomic E-state index is 13.3. The number of ether oxygens (including phenoxy) is 1. The molecule has 0 spiro atoms. The van der Waals surface area contributed by atoms with Crippen LogP contribution in [0.5, 0.6) is 5.75 Å². The van der Waals surface area contributed by atoms with Crippen LogP contribution >= 0.6 is 0 Å². The van der Waals surface area contributed by atoms with Crippen LogP contribution in [0.1, 0.15) is 43.1 Å². The lowest BCUT2D eigenvalue weighted by molar-refractivity contribution is 0.0955. The molecule has 3 heterocycles. The Bertz CT molecular complexity index is 1230. The van der Waals surface area contributed by atoms with Crippen molar-refractivity contribution in [3.63, 3.8) is 0 Å². The minimum absolute atomic E-state index is 0.196. The standard InChI is InChI=1S/C24H21N5O3/c1-26-23(30)20-6-5-15(14-28-20)10-18-11-19-16(12-21(18)32-2)7-9-29(24(19)31)22-17(13-25)4-3-8-27-22/h3-6,8,11-12,14H,7,9-10H2,1-2H3,(H,26,30). The van der Waals surface area contributed by atoms with E-state index < -0.39 is 0 Å². The predicted octanol–water partition coefficient (Wildman–Crippen LogP) is 2.51. The van der Waals surface area contributed by atoms with Crippen molar-refractivity contribution in [1.29, 1.82) is 5.26 Å². The van der Waals surface area contributed by atoms with Crippen LogP contribution < -0.4 is 15.0 Å². The highest BCUT2D eigenvalue weighted by atomic mass is 16.5. The van der Waals surface area contributed by atoms with E-state index in [0.29, 0.717) is 47.8 Å². The number of hydrogen-bond donors (Lipinski definition) is 1. The van der Waals surface area contributed by atoms with Crippen molar-refractivity contribution in [3.8, 4) is 11.8 Å². The fourth-order valence-corrected chi connectivity index (χ4v) is 3.79. The summed E-state index contributed by atoms with van der Waals surface area (Å²) in [6.45, 7) is 0.435. The van der Waals surface area contributed by atoms with Crippen molar-refractivity contribution in [2.45, 2.75) is 12.8 Å². The summed E-state index contributed by atoms with van der Waals surface area (Å²) in [5.41, 5.74) is 3.87. The zero-order valence-electron chi connectivity index (χ0n) is 17.8. The number of carbonyl (C=O) groups is 2. The summed E-state index contributed by atoms with van der Waals surface area (Å²) in [7, 11) is 3.16.